The predicted octanol–water partition coefficient (Wildman–Crippen LogP) is 0.573. The fourth-order valence-electron chi connectivity index (χ4n) is 2.92. The summed E-state index contributed by atoms with van der Waals surface area (Å²) in [5.74, 6) is 1.57. The van der Waals surface area contributed by atoms with Gasteiger partial charge in [-0.1, -0.05) is 0 Å². The largest absolute Gasteiger partial charge is 0.396 e. The molecular weight excluding hydrogens is 280 g/mol. The highest BCUT2D eigenvalue weighted by atomic mass is 16.3. The molecule has 126 valence electrons. The van der Waals surface area contributed by atoms with Crippen molar-refractivity contribution in [1.82, 2.24) is 15.5 Å². The monoisotopic (exact) mass is 310 g/mol. The van der Waals surface area contributed by atoms with Gasteiger partial charge in [-0.3, -0.25) is 9.79 Å². The maximum Gasteiger partial charge on any atom is 0.220 e. The van der Waals surface area contributed by atoms with E-state index in [0.717, 1.165) is 51.3 Å². The highest BCUT2D eigenvalue weighted by Gasteiger charge is 2.42. The summed E-state index contributed by atoms with van der Waals surface area (Å²) in [7, 11) is 1.70. The average Bonchev–Trinajstić information content (AvgIpc) is 3.33. The van der Waals surface area contributed by atoms with Crippen LogP contribution in [-0.2, 0) is 4.79 Å². The van der Waals surface area contributed by atoms with E-state index in [1.165, 1.54) is 0 Å². The van der Waals surface area contributed by atoms with E-state index in [9.17, 15) is 9.90 Å². The quantitative estimate of drug-likeness (QED) is 0.495. The van der Waals surface area contributed by atoms with E-state index in [2.05, 4.69) is 22.5 Å². The molecule has 0 aromatic rings. The summed E-state index contributed by atoms with van der Waals surface area (Å²) in [6, 6.07) is 0. The first kappa shape index (κ1) is 17.1. The van der Waals surface area contributed by atoms with E-state index >= 15 is 0 Å². The van der Waals surface area contributed by atoms with Crippen molar-refractivity contribution in [3.05, 3.63) is 0 Å². The van der Waals surface area contributed by atoms with Crippen molar-refractivity contribution in [1.29, 1.82) is 0 Å². The number of aliphatic hydroxyl groups is 1. The molecule has 1 aliphatic heterocycles. The van der Waals surface area contributed by atoms with Gasteiger partial charge >= 0.3 is 0 Å². The zero-order valence-electron chi connectivity index (χ0n) is 13.9. The second kappa shape index (κ2) is 7.81. The van der Waals surface area contributed by atoms with E-state index in [1.807, 2.05) is 0 Å². The number of aliphatic imine (C=N–C) groups is 1. The minimum atomic E-state index is 0.0538. The lowest BCUT2D eigenvalue weighted by atomic mass is 9.93. The normalized spacial score (nSPS) is 21.6. The summed E-state index contributed by atoms with van der Waals surface area (Å²) in [6.07, 6.45) is 4.86. The first-order chi connectivity index (χ1) is 10.6. The van der Waals surface area contributed by atoms with Gasteiger partial charge < -0.3 is 20.6 Å². The number of rotatable bonds is 6. The Morgan fingerprint density at radius 3 is 2.55 bits per heavy atom. The van der Waals surface area contributed by atoms with Crippen molar-refractivity contribution in [3.63, 3.8) is 0 Å². The van der Waals surface area contributed by atoms with Gasteiger partial charge in [0.1, 0.15) is 0 Å². The zero-order valence-corrected chi connectivity index (χ0v) is 13.9. The van der Waals surface area contributed by atoms with Crippen molar-refractivity contribution < 1.29 is 9.90 Å². The molecule has 0 spiro atoms. The highest BCUT2D eigenvalue weighted by molar-refractivity contribution is 5.80. The third-order valence-electron chi connectivity index (χ3n) is 4.86. The number of carbonyl (C=O) groups excluding carboxylic acids is 1. The summed E-state index contributed by atoms with van der Waals surface area (Å²) in [6.45, 7) is 5.77. The molecule has 0 radical (unpaired) electrons. The number of nitrogens with one attached hydrogen (secondary N) is 2. The van der Waals surface area contributed by atoms with Crippen LogP contribution in [0.3, 0.4) is 0 Å². The number of hydrogen-bond donors (Lipinski definition) is 3. The average molecular weight is 310 g/mol. The molecule has 2 fully saturated rings. The van der Waals surface area contributed by atoms with E-state index in [1.54, 1.807) is 7.05 Å². The van der Waals surface area contributed by atoms with E-state index < -0.39 is 0 Å². The molecule has 3 N–H and O–H groups in total. The fraction of sp³-hybridized carbons (Fsp3) is 0.875. The van der Waals surface area contributed by atoms with Crippen LogP contribution in [0.5, 0.6) is 0 Å². The lowest BCUT2D eigenvalue weighted by Gasteiger charge is -2.34. The number of likely N-dealkylation sites (tertiary alicyclic amines) is 1. The Bertz CT molecular complexity index is 399. The van der Waals surface area contributed by atoms with E-state index in [-0.39, 0.29) is 17.9 Å². The minimum Gasteiger partial charge on any atom is -0.396 e. The summed E-state index contributed by atoms with van der Waals surface area (Å²) in [5, 5.41) is 15.5. The lowest BCUT2D eigenvalue weighted by molar-refractivity contribution is -0.121. The molecule has 0 aromatic heterocycles. The van der Waals surface area contributed by atoms with Crippen molar-refractivity contribution in [2.24, 2.45) is 16.3 Å². The van der Waals surface area contributed by atoms with Gasteiger partial charge in [0, 0.05) is 38.5 Å². The fourth-order valence-corrected chi connectivity index (χ4v) is 2.92. The highest BCUT2D eigenvalue weighted by Crippen LogP contribution is 2.45. The first-order valence-electron chi connectivity index (χ1n) is 8.47. The van der Waals surface area contributed by atoms with Crippen molar-refractivity contribution in [3.8, 4) is 0 Å². The number of carbonyl (C=O) groups is 1. The van der Waals surface area contributed by atoms with Gasteiger partial charge in [0.2, 0.25) is 5.91 Å². The molecule has 0 aromatic carbocycles. The predicted molar refractivity (Wildman–Crippen MR) is 87.7 cm³/mol. The second-order valence-corrected chi connectivity index (χ2v) is 6.64. The standard InChI is InChI=1S/C16H30N4O2/c1-3-18-15(19-11-16(12-21)6-7-16)20-8-4-13(5-9-20)10-14(22)17-2/h13,21H,3-12H2,1-2H3,(H,17,22)(H,18,19). The molecule has 1 heterocycles. The number of amides is 1. The maximum absolute atomic E-state index is 11.5. The van der Waals surface area contributed by atoms with Crippen LogP contribution >= 0.6 is 0 Å². The molecule has 0 atom stereocenters. The van der Waals surface area contributed by atoms with Gasteiger partial charge in [-0.05, 0) is 38.5 Å². The Hall–Kier alpha value is -1.30. The van der Waals surface area contributed by atoms with Crippen LogP contribution in [0.15, 0.2) is 4.99 Å². The van der Waals surface area contributed by atoms with Gasteiger partial charge in [0.25, 0.3) is 0 Å². The smallest absolute Gasteiger partial charge is 0.220 e. The van der Waals surface area contributed by atoms with E-state index in [4.69, 9.17) is 4.99 Å². The number of hydrogen-bond acceptors (Lipinski definition) is 3. The summed E-state index contributed by atoms with van der Waals surface area (Å²) in [4.78, 5) is 18.5. The molecule has 0 bridgehead atoms. The molecule has 1 amide bonds. The SMILES string of the molecule is CCNC(=NCC1(CO)CC1)N1CCC(CC(=O)NC)CC1. The van der Waals surface area contributed by atoms with Gasteiger partial charge in [0.05, 0.1) is 13.2 Å². The summed E-state index contributed by atoms with van der Waals surface area (Å²) in [5.41, 5.74) is 0.0538. The lowest BCUT2D eigenvalue weighted by Crippen LogP contribution is -2.46. The third kappa shape index (κ3) is 4.60. The summed E-state index contributed by atoms with van der Waals surface area (Å²) < 4.78 is 0. The van der Waals surface area contributed by atoms with Crippen LogP contribution < -0.4 is 10.6 Å². The molecular formula is C16H30N4O2. The van der Waals surface area contributed by atoms with Crippen molar-refractivity contribution in [2.45, 2.75) is 39.0 Å². The van der Waals surface area contributed by atoms with Crippen LogP contribution in [0.25, 0.3) is 0 Å². The minimum absolute atomic E-state index is 0.0538. The van der Waals surface area contributed by atoms with Crippen LogP contribution in [0, 0.1) is 11.3 Å². The Morgan fingerprint density at radius 2 is 2.05 bits per heavy atom. The van der Waals surface area contributed by atoms with Crippen LogP contribution in [0.4, 0.5) is 0 Å². The molecule has 2 rings (SSSR count). The molecule has 1 saturated carbocycles. The first-order valence-corrected chi connectivity index (χ1v) is 8.47. The molecule has 6 nitrogen and oxygen atoms in total. The Balaban J connectivity index is 1.85. The molecule has 6 heteroatoms. The number of nitrogens with zero attached hydrogens (tertiary/aromatic N) is 2. The third-order valence-corrected chi connectivity index (χ3v) is 4.86. The van der Waals surface area contributed by atoms with Gasteiger partial charge in [0.15, 0.2) is 5.96 Å². The Kier molecular flexibility index (Phi) is 6.06. The number of piperidine rings is 1. The Labute approximate surface area is 133 Å². The molecule has 0 unspecified atom stereocenters. The zero-order chi connectivity index (χ0) is 16.0. The number of aliphatic hydroxyl groups excluding tert-OH is 1. The van der Waals surface area contributed by atoms with Gasteiger partial charge in [-0.25, -0.2) is 0 Å². The number of guanidine groups is 1. The Morgan fingerprint density at radius 1 is 1.36 bits per heavy atom. The van der Waals surface area contributed by atoms with E-state index in [0.29, 0.717) is 18.9 Å². The van der Waals surface area contributed by atoms with Crippen LogP contribution in [0.2, 0.25) is 0 Å². The van der Waals surface area contributed by atoms with Gasteiger partial charge in [-0.15, -0.1) is 0 Å². The van der Waals surface area contributed by atoms with Crippen molar-refractivity contribution in [2.75, 3.05) is 39.8 Å². The van der Waals surface area contributed by atoms with Crippen LogP contribution in [-0.4, -0.2) is 61.7 Å². The molecule has 1 aliphatic carbocycles. The summed E-state index contributed by atoms with van der Waals surface area (Å²) >= 11 is 0. The second-order valence-electron chi connectivity index (χ2n) is 6.64. The van der Waals surface area contributed by atoms with Crippen molar-refractivity contribution >= 4 is 11.9 Å². The topological polar surface area (TPSA) is 77.0 Å². The maximum atomic E-state index is 11.5. The molecule has 22 heavy (non-hydrogen) atoms. The van der Waals surface area contributed by atoms with Gasteiger partial charge in [-0.2, -0.15) is 0 Å². The molecule has 2 aliphatic rings. The molecule has 1 saturated heterocycles. The van der Waals surface area contributed by atoms with Crippen LogP contribution in [0.1, 0.15) is 39.0 Å².